The topological polar surface area (TPSA) is 68.5 Å². The molecular weight excluding hydrogens is 374 g/mol. The van der Waals surface area contributed by atoms with Gasteiger partial charge in [-0.1, -0.05) is 41.9 Å². The number of halogens is 1. The van der Waals surface area contributed by atoms with Crippen molar-refractivity contribution in [1.82, 2.24) is 9.88 Å². The molecule has 1 aromatic heterocycles. The standard InChI is InChI=1S/C22H22ClN3O2/c23-18-5-6-19-17(14-26-7-9-28-10-8-26)12-20(25-21(19)13-18)16-3-1-15(2-4-16)11-22(24)27/h1-6,12-13H,7-11,14H2,(H2,24,27). The van der Waals surface area contributed by atoms with Crippen LogP contribution in [0.3, 0.4) is 0 Å². The smallest absolute Gasteiger partial charge is 0.221 e. The Morgan fingerprint density at radius 2 is 1.86 bits per heavy atom. The third kappa shape index (κ3) is 4.33. The fraction of sp³-hybridized carbons (Fsp3) is 0.273. The van der Waals surface area contributed by atoms with E-state index in [0.717, 1.165) is 60.6 Å². The number of morpholine rings is 1. The van der Waals surface area contributed by atoms with Gasteiger partial charge in [-0.05, 0) is 29.3 Å². The lowest BCUT2D eigenvalue weighted by Gasteiger charge is -2.27. The lowest BCUT2D eigenvalue weighted by atomic mass is 10.0. The van der Waals surface area contributed by atoms with Gasteiger partial charge in [0.15, 0.2) is 0 Å². The number of nitrogens with two attached hydrogens (primary N) is 1. The SMILES string of the molecule is NC(=O)Cc1ccc(-c2cc(CN3CCOCC3)c3ccc(Cl)cc3n2)cc1. The van der Waals surface area contributed by atoms with Gasteiger partial charge in [0, 0.05) is 35.6 Å². The number of primary amides is 1. The number of aromatic nitrogens is 1. The van der Waals surface area contributed by atoms with Crippen molar-refractivity contribution in [3.05, 3.63) is 64.7 Å². The van der Waals surface area contributed by atoms with Crippen LogP contribution >= 0.6 is 11.6 Å². The number of pyridine rings is 1. The number of hydrogen-bond donors (Lipinski definition) is 1. The van der Waals surface area contributed by atoms with Gasteiger partial charge in [-0.3, -0.25) is 9.69 Å². The fourth-order valence-electron chi connectivity index (χ4n) is 3.55. The number of carbonyl (C=O) groups excluding carboxylic acids is 1. The van der Waals surface area contributed by atoms with Crippen LogP contribution in [-0.4, -0.2) is 42.1 Å². The Labute approximate surface area is 169 Å². The number of benzene rings is 2. The molecule has 1 fully saturated rings. The van der Waals surface area contributed by atoms with Gasteiger partial charge < -0.3 is 10.5 Å². The summed E-state index contributed by atoms with van der Waals surface area (Å²) in [6.07, 6.45) is 0.239. The van der Waals surface area contributed by atoms with Gasteiger partial charge in [0.1, 0.15) is 0 Å². The van der Waals surface area contributed by atoms with E-state index >= 15 is 0 Å². The van der Waals surface area contributed by atoms with Crippen molar-refractivity contribution >= 4 is 28.4 Å². The number of fused-ring (bicyclic) bond motifs is 1. The number of ether oxygens (including phenoxy) is 1. The average molecular weight is 396 g/mol. The molecular formula is C22H22ClN3O2. The Morgan fingerprint density at radius 3 is 2.57 bits per heavy atom. The summed E-state index contributed by atoms with van der Waals surface area (Å²) in [5.74, 6) is -0.334. The molecule has 4 rings (SSSR count). The average Bonchev–Trinajstić information content (AvgIpc) is 2.68. The van der Waals surface area contributed by atoms with Crippen molar-refractivity contribution in [3.63, 3.8) is 0 Å². The second kappa shape index (κ2) is 8.27. The zero-order valence-corrected chi connectivity index (χ0v) is 16.3. The molecule has 0 atom stereocenters. The van der Waals surface area contributed by atoms with Crippen molar-refractivity contribution in [2.75, 3.05) is 26.3 Å². The molecule has 0 unspecified atom stereocenters. The highest BCUT2D eigenvalue weighted by Gasteiger charge is 2.15. The van der Waals surface area contributed by atoms with Crippen molar-refractivity contribution in [2.24, 2.45) is 5.73 Å². The van der Waals surface area contributed by atoms with Gasteiger partial charge >= 0.3 is 0 Å². The highest BCUT2D eigenvalue weighted by molar-refractivity contribution is 6.31. The summed E-state index contributed by atoms with van der Waals surface area (Å²) in [6, 6.07) is 15.8. The first-order chi connectivity index (χ1) is 13.6. The highest BCUT2D eigenvalue weighted by Crippen LogP contribution is 2.28. The Balaban J connectivity index is 1.72. The van der Waals surface area contributed by atoms with Crippen LogP contribution in [0.25, 0.3) is 22.2 Å². The molecule has 2 aromatic carbocycles. The minimum absolute atomic E-state index is 0.239. The molecule has 3 aromatic rings. The second-order valence-electron chi connectivity index (χ2n) is 7.06. The van der Waals surface area contributed by atoms with E-state index in [1.807, 2.05) is 42.5 Å². The normalized spacial score (nSPS) is 15.0. The molecule has 0 radical (unpaired) electrons. The highest BCUT2D eigenvalue weighted by atomic mass is 35.5. The van der Waals surface area contributed by atoms with E-state index in [2.05, 4.69) is 11.0 Å². The zero-order chi connectivity index (χ0) is 19.5. The molecule has 1 aliphatic heterocycles. The first kappa shape index (κ1) is 18.9. The third-order valence-corrected chi connectivity index (χ3v) is 5.22. The van der Waals surface area contributed by atoms with Crippen LogP contribution < -0.4 is 5.73 Å². The molecule has 0 spiro atoms. The van der Waals surface area contributed by atoms with Crippen LogP contribution in [0.15, 0.2) is 48.5 Å². The monoisotopic (exact) mass is 395 g/mol. The summed E-state index contributed by atoms with van der Waals surface area (Å²) < 4.78 is 5.47. The predicted molar refractivity (Wildman–Crippen MR) is 111 cm³/mol. The molecule has 6 heteroatoms. The van der Waals surface area contributed by atoms with E-state index < -0.39 is 0 Å². The predicted octanol–water partition coefficient (Wildman–Crippen LogP) is 3.42. The maximum atomic E-state index is 11.1. The molecule has 0 saturated carbocycles. The van der Waals surface area contributed by atoms with Crippen LogP contribution in [0, 0.1) is 0 Å². The minimum atomic E-state index is -0.334. The molecule has 2 N–H and O–H groups in total. The van der Waals surface area contributed by atoms with Crippen molar-refractivity contribution < 1.29 is 9.53 Å². The second-order valence-corrected chi connectivity index (χ2v) is 7.49. The molecule has 1 saturated heterocycles. The Morgan fingerprint density at radius 1 is 1.11 bits per heavy atom. The molecule has 5 nitrogen and oxygen atoms in total. The lowest BCUT2D eigenvalue weighted by molar-refractivity contribution is -0.117. The van der Waals surface area contributed by atoms with Crippen LogP contribution in [0.5, 0.6) is 0 Å². The summed E-state index contributed by atoms with van der Waals surface area (Å²) in [6.45, 7) is 4.23. The van der Waals surface area contributed by atoms with Gasteiger partial charge in [0.25, 0.3) is 0 Å². The van der Waals surface area contributed by atoms with Crippen LogP contribution in [0.4, 0.5) is 0 Å². The summed E-state index contributed by atoms with van der Waals surface area (Å²) in [7, 11) is 0. The number of carbonyl (C=O) groups is 1. The van der Waals surface area contributed by atoms with E-state index in [1.54, 1.807) is 0 Å². The van der Waals surface area contributed by atoms with E-state index in [1.165, 1.54) is 5.56 Å². The zero-order valence-electron chi connectivity index (χ0n) is 15.5. The summed E-state index contributed by atoms with van der Waals surface area (Å²) in [5.41, 5.74) is 10.2. The lowest BCUT2D eigenvalue weighted by Crippen LogP contribution is -2.35. The molecule has 0 aliphatic carbocycles. The quantitative estimate of drug-likeness (QED) is 0.718. The number of nitrogens with zero attached hydrogens (tertiary/aromatic N) is 2. The van der Waals surface area contributed by atoms with Crippen LogP contribution in [-0.2, 0) is 22.5 Å². The Bertz CT molecular complexity index is 999. The molecule has 28 heavy (non-hydrogen) atoms. The van der Waals surface area contributed by atoms with Crippen molar-refractivity contribution in [2.45, 2.75) is 13.0 Å². The van der Waals surface area contributed by atoms with E-state index in [-0.39, 0.29) is 12.3 Å². The first-order valence-corrected chi connectivity index (χ1v) is 9.73. The molecule has 0 bridgehead atoms. The van der Waals surface area contributed by atoms with Gasteiger partial charge in [-0.2, -0.15) is 0 Å². The van der Waals surface area contributed by atoms with Gasteiger partial charge in [-0.15, -0.1) is 0 Å². The molecule has 144 valence electrons. The summed E-state index contributed by atoms with van der Waals surface area (Å²) in [5, 5.41) is 1.79. The molecule has 2 heterocycles. The number of hydrogen-bond acceptors (Lipinski definition) is 4. The van der Waals surface area contributed by atoms with Gasteiger partial charge in [0.2, 0.25) is 5.91 Å². The number of amides is 1. The largest absolute Gasteiger partial charge is 0.379 e. The Hall–Kier alpha value is -2.47. The number of rotatable bonds is 5. The maximum absolute atomic E-state index is 11.1. The van der Waals surface area contributed by atoms with Crippen molar-refractivity contribution in [1.29, 1.82) is 0 Å². The summed E-state index contributed by atoms with van der Waals surface area (Å²) >= 11 is 6.22. The first-order valence-electron chi connectivity index (χ1n) is 9.35. The molecule has 1 amide bonds. The van der Waals surface area contributed by atoms with Crippen LogP contribution in [0.1, 0.15) is 11.1 Å². The van der Waals surface area contributed by atoms with Gasteiger partial charge in [0.05, 0.1) is 30.8 Å². The molecule has 1 aliphatic rings. The van der Waals surface area contributed by atoms with E-state index in [4.69, 9.17) is 27.1 Å². The maximum Gasteiger partial charge on any atom is 0.221 e. The van der Waals surface area contributed by atoms with Gasteiger partial charge in [-0.25, -0.2) is 4.98 Å². The van der Waals surface area contributed by atoms with E-state index in [9.17, 15) is 4.79 Å². The Kier molecular flexibility index (Phi) is 5.57. The third-order valence-electron chi connectivity index (χ3n) is 4.98. The van der Waals surface area contributed by atoms with E-state index in [0.29, 0.717) is 5.02 Å². The minimum Gasteiger partial charge on any atom is -0.379 e. The fourth-order valence-corrected chi connectivity index (χ4v) is 3.71. The van der Waals surface area contributed by atoms with Crippen molar-refractivity contribution in [3.8, 4) is 11.3 Å². The summed E-state index contributed by atoms with van der Waals surface area (Å²) in [4.78, 5) is 18.3. The van der Waals surface area contributed by atoms with Crippen LogP contribution in [0.2, 0.25) is 5.02 Å².